The minimum Gasteiger partial charge on any atom is -0.494 e. The van der Waals surface area contributed by atoms with Crippen LogP contribution in [0.1, 0.15) is 4.88 Å². The largest absolute Gasteiger partial charge is 0.494 e. The van der Waals surface area contributed by atoms with Gasteiger partial charge in [0.1, 0.15) is 0 Å². The summed E-state index contributed by atoms with van der Waals surface area (Å²) in [6.45, 7) is 0. The standard InChI is InChI=1S/C18H10N2O2S2/c21-17-15(13-3-1-5-23-13)9-7-12-10(8-11(9)19-17)16(18(22)20-12)14-4-2-6-24-14/h1-8,19,21H. The highest BCUT2D eigenvalue weighted by atomic mass is 32.1. The van der Waals surface area contributed by atoms with Gasteiger partial charge in [0.05, 0.1) is 16.5 Å². The Morgan fingerprint density at radius 3 is 2.50 bits per heavy atom. The maximum absolute atomic E-state index is 12.4. The molecule has 0 saturated heterocycles. The predicted molar refractivity (Wildman–Crippen MR) is 95.9 cm³/mol. The number of hydrogen-bond acceptors (Lipinski definition) is 4. The second-order valence-corrected chi connectivity index (χ2v) is 7.41. The highest BCUT2D eigenvalue weighted by molar-refractivity contribution is 7.13. The van der Waals surface area contributed by atoms with Crippen LogP contribution in [-0.2, 0) is 4.79 Å². The maximum Gasteiger partial charge on any atom is 0.279 e. The van der Waals surface area contributed by atoms with Crippen LogP contribution in [-0.4, -0.2) is 16.0 Å². The zero-order valence-corrected chi connectivity index (χ0v) is 13.9. The summed E-state index contributed by atoms with van der Waals surface area (Å²) >= 11 is 3.08. The van der Waals surface area contributed by atoms with Crippen LogP contribution >= 0.6 is 22.7 Å². The molecule has 4 nitrogen and oxygen atoms in total. The Kier molecular flexibility index (Phi) is 2.80. The van der Waals surface area contributed by atoms with E-state index >= 15 is 0 Å². The van der Waals surface area contributed by atoms with Crippen LogP contribution in [0.4, 0.5) is 0 Å². The van der Waals surface area contributed by atoms with Crippen molar-refractivity contribution in [3.63, 3.8) is 0 Å². The molecule has 4 aromatic rings. The van der Waals surface area contributed by atoms with E-state index in [1.807, 2.05) is 47.2 Å². The molecule has 24 heavy (non-hydrogen) atoms. The van der Waals surface area contributed by atoms with E-state index in [1.54, 1.807) is 11.3 Å². The predicted octanol–water partition coefficient (Wildman–Crippen LogP) is 3.02. The first-order valence-corrected chi connectivity index (χ1v) is 9.08. The lowest BCUT2D eigenvalue weighted by molar-refractivity contribution is -0.112. The lowest BCUT2D eigenvalue weighted by Gasteiger charge is -1.96. The second kappa shape index (κ2) is 4.90. The number of nitrogens with one attached hydrogen (secondary N) is 1. The Morgan fingerprint density at radius 1 is 1.04 bits per heavy atom. The van der Waals surface area contributed by atoms with Crippen LogP contribution in [0.5, 0.6) is 5.88 Å². The van der Waals surface area contributed by atoms with Gasteiger partial charge in [-0.05, 0) is 35.0 Å². The minimum absolute atomic E-state index is 0.139. The van der Waals surface area contributed by atoms with Gasteiger partial charge in [-0.25, -0.2) is 4.99 Å². The quantitative estimate of drug-likeness (QED) is 0.584. The van der Waals surface area contributed by atoms with Crippen LogP contribution in [0.3, 0.4) is 0 Å². The highest BCUT2D eigenvalue weighted by Crippen LogP contribution is 2.38. The summed E-state index contributed by atoms with van der Waals surface area (Å²) < 4.78 is 0. The number of thiophene rings is 2. The molecule has 0 atom stereocenters. The number of amides is 1. The molecule has 0 unspecified atom stereocenters. The van der Waals surface area contributed by atoms with Gasteiger partial charge in [-0.2, -0.15) is 0 Å². The average molecular weight is 350 g/mol. The van der Waals surface area contributed by atoms with Crippen molar-refractivity contribution in [2.75, 3.05) is 0 Å². The topological polar surface area (TPSA) is 65.4 Å². The van der Waals surface area contributed by atoms with Crippen molar-refractivity contribution in [1.82, 2.24) is 4.98 Å². The Bertz CT molecular complexity index is 1220. The molecule has 1 aliphatic heterocycles. The number of rotatable bonds is 2. The van der Waals surface area contributed by atoms with Gasteiger partial charge in [-0.3, -0.25) is 4.79 Å². The average Bonchev–Trinajstić information content (AvgIpc) is 3.29. The molecule has 0 saturated carbocycles. The first-order valence-electron chi connectivity index (χ1n) is 7.32. The summed E-state index contributed by atoms with van der Waals surface area (Å²) in [6, 6.07) is 11.6. The molecule has 3 aromatic heterocycles. The van der Waals surface area contributed by atoms with Crippen molar-refractivity contribution in [2.24, 2.45) is 4.99 Å². The van der Waals surface area contributed by atoms with Crippen molar-refractivity contribution in [3.8, 4) is 16.3 Å². The number of carbonyl (C=O) groups excluding carboxylic acids is 1. The Hall–Kier alpha value is -2.70. The third-order valence-corrected chi connectivity index (χ3v) is 5.91. The normalized spacial score (nSPS) is 13.5. The fourth-order valence-electron chi connectivity index (χ4n) is 3.12. The molecule has 1 amide bonds. The molecule has 4 heterocycles. The Morgan fingerprint density at radius 2 is 1.79 bits per heavy atom. The number of aromatic amines is 1. The molecule has 0 spiro atoms. The molecule has 0 radical (unpaired) electrons. The molecule has 1 aliphatic rings. The lowest BCUT2D eigenvalue weighted by Crippen LogP contribution is -2.22. The summed E-state index contributed by atoms with van der Waals surface area (Å²) in [5, 5.41) is 16.6. The number of nitrogens with zero attached hydrogens (tertiary/aromatic N) is 1. The Labute approximate surface area is 144 Å². The van der Waals surface area contributed by atoms with Gasteiger partial charge in [0.15, 0.2) is 5.88 Å². The molecule has 0 aliphatic carbocycles. The van der Waals surface area contributed by atoms with Crippen LogP contribution in [0.15, 0.2) is 52.2 Å². The number of aromatic nitrogens is 1. The molecule has 1 aromatic carbocycles. The van der Waals surface area contributed by atoms with Crippen LogP contribution < -0.4 is 10.6 Å². The van der Waals surface area contributed by atoms with Gasteiger partial charge in [-0.15, -0.1) is 22.7 Å². The number of fused-ring (bicyclic) bond motifs is 2. The van der Waals surface area contributed by atoms with E-state index in [0.29, 0.717) is 10.9 Å². The highest BCUT2D eigenvalue weighted by Gasteiger charge is 2.21. The summed E-state index contributed by atoms with van der Waals surface area (Å²) in [5.41, 5.74) is 2.19. The number of H-pyrrole nitrogens is 1. The monoisotopic (exact) mass is 350 g/mol. The Balaban J connectivity index is 1.89. The first-order chi connectivity index (χ1) is 11.7. The first kappa shape index (κ1) is 13.7. The van der Waals surface area contributed by atoms with Gasteiger partial charge in [-0.1, -0.05) is 12.1 Å². The van der Waals surface area contributed by atoms with Crippen molar-refractivity contribution >= 4 is 45.1 Å². The zero-order valence-electron chi connectivity index (χ0n) is 12.2. The van der Waals surface area contributed by atoms with Gasteiger partial charge >= 0.3 is 0 Å². The number of aromatic hydroxyl groups is 1. The fourth-order valence-corrected chi connectivity index (χ4v) is 4.68. The van der Waals surface area contributed by atoms with E-state index in [0.717, 1.165) is 31.4 Å². The van der Waals surface area contributed by atoms with E-state index in [9.17, 15) is 9.90 Å². The fraction of sp³-hybridized carbons (Fsp3) is 0. The molecule has 5 rings (SSSR count). The summed E-state index contributed by atoms with van der Waals surface area (Å²) in [4.78, 5) is 21.5. The summed E-state index contributed by atoms with van der Waals surface area (Å²) in [6.07, 6.45) is 0. The van der Waals surface area contributed by atoms with Crippen LogP contribution in [0, 0.1) is 0 Å². The van der Waals surface area contributed by atoms with Crippen molar-refractivity contribution in [1.29, 1.82) is 0 Å². The molecular weight excluding hydrogens is 340 g/mol. The molecule has 0 bridgehead atoms. The van der Waals surface area contributed by atoms with E-state index < -0.39 is 0 Å². The van der Waals surface area contributed by atoms with Gasteiger partial charge in [0.25, 0.3) is 5.91 Å². The number of carbonyl (C=O) groups is 1. The van der Waals surface area contributed by atoms with E-state index in [4.69, 9.17) is 0 Å². The molecular formula is C18H10N2O2S2. The van der Waals surface area contributed by atoms with E-state index in [2.05, 4.69) is 9.98 Å². The third-order valence-electron chi connectivity index (χ3n) is 4.14. The van der Waals surface area contributed by atoms with Crippen LogP contribution in [0.25, 0.3) is 26.9 Å². The lowest BCUT2D eigenvalue weighted by atomic mass is 10.1. The summed E-state index contributed by atoms with van der Waals surface area (Å²) in [5.74, 6) is -0.0675. The summed E-state index contributed by atoms with van der Waals surface area (Å²) in [7, 11) is 0. The van der Waals surface area contributed by atoms with Crippen molar-refractivity contribution in [3.05, 3.63) is 62.6 Å². The van der Waals surface area contributed by atoms with E-state index in [1.165, 1.54) is 11.3 Å². The third kappa shape index (κ3) is 1.84. The SMILES string of the molecule is O=C1N=c2cc3c(-c4cccs4)c(O)[nH]c3cc2=C1c1cccs1. The minimum atomic E-state index is -0.206. The van der Waals surface area contributed by atoms with Crippen molar-refractivity contribution < 1.29 is 9.90 Å². The van der Waals surface area contributed by atoms with E-state index in [-0.39, 0.29) is 11.8 Å². The molecule has 2 N–H and O–H groups in total. The number of hydrogen-bond donors (Lipinski definition) is 2. The van der Waals surface area contributed by atoms with Crippen LogP contribution in [0.2, 0.25) is 0 Å². The second-order valence-electron chi connectivity index (χ2n) is 5.51. The number of benzene rings is 1. The molecule has 0 fully saturated rings. The zero-order chi connectivity index (χ0) is 16.3. The molecule has 6 heteroatoms. The van der Waals surface area contributed by atoms with Gasteiger partial charge in [0, 0.05) is 25.9 Å². The van der Waals surface area contributed by atoms with Crippen molar-refractivity contribution in [2.45, 2.75) is 0 Å². The molecule has 116 valence electrons. The van der Waals surface area contributed by atoms with Gasteiger partial charge < -0.3 is 10.1 Å². The smallest absolute Gasteiger partial charge is 0.279 e. The maximum atomic E-state index is 12.4. The van der Waals surface area contributed by atoms with Gasteiger partial charge in [0.2, 0.25) is 0 Å².